The molecule has 0 saturated heterocycles. The molecule has 0 spiro atoms. The number of nitro benzene ring substituents is 1. The van der Waals surface area contributed by atoms with Gasteiger partial charge in [-0.3, -0.25) is 14.9 Å². The first-order valence-electron chi connectivity index (χ1n) is 8.31. The van der Waals surface area contributed by atoms with E-state index in [1.807, 2.05) is 0 Å². The number of carbonyl (C=O) groups excluding carboxylic acids is 1. The van der Waals surface area contributed by atoms with Gasteiger partial charge in [0, 0.05) is 24.0 Å². The van der Waals surface area contributed by atoms with Gasteiger partial charge >= 0.3 is 0 Å². The number of carbonyl (C=O) groups is 1. The maximum absolute atomic E-state index is 13.0. The fourth-order valence-corrected chi connectivity index (χ4v) is 5.56. The molecule has 0 N–H and O–H groups in total. The molecule has 0 radical (unpaired) electrons. The van der Waals surface area contributed by atoms with E-state index in [9.17, 15) is 14.9 Å². The summed E-state index contributed by atoms with van der Waals surface area (Å²) in [5, 5.41) is 10.7. The van der Waals surface area contributed by atoms with Gasteiger partial charge in [-0.25, -0.2) is 0 Å². The molecular weight excluding hydrogens is 278 g/mol. The third-order valence-corrected chi connectivity index (χ3v) is 6.14. The standard InChI is InChI=1S/C18H21NO3/c20-17(8-12-1-3-16(4-2-12)19(21)22)18-9-13-5-14(10-18)7-15(6-13)11-18/h1-4,13-15H,5-11H2. The molecule has 0 heterocycles. The zero-order chi connectivity index (χ0) is 15.3. The molecule has 0 atom stereocenters. The lowest BCUT2D eigenvalue weighted by atomic mass is 9.48. The number of Topliss-reactive ketones (excluding diaryl/α,β-unsaturated/α-hetero) is 1. The van der Waals surface area contributed by atoms with E-state index in [0.29, 0.717) is 12.2 Å². The summed E-state index contributed by atoms with van der Waals surface area (Å²) in [6.07, 6.45) is 7.71. The molecule has 4 saturated carbocycles. The number of nitro groups is 1. The summed E-state index contributed by atoms with van der Waals surface area (Å²) in [5.41, 5.74) is 0.925. The Morgan fingerprint density at radius 2 is 1.55 bits per heavy atom. The molecule has 1 aromatic rings. The average molecular weight is 299 g/mol. The Labute approximate surface area is 130 Å². The van der Waals surface area contributed by atoms with Gasteiger partial charge in [0.05, 0.1) is 4.92 Å². The number of benzene rings is 1. The molecule has 22 heavy (non-hydrogen) atoms. The predicted octanol–water partition coefficient (Wildman–Crippen LogP) is 3.92. The van der Waals surface area contributed by atoms with E-state index in [1.54, 1.807) is 12.1 Å². The van der Waals surface area contributed by atoms with Crippen LogP contribution < -0.4 is 0 Å². The van der Waals surface area contributed by atoms with E-state index >= 15 is 0 Å². The van der Waals surface area contributed by atoms with Crippen LogP contribution in [-0.2, 0) is 11.2 Å². The molecule has 1 aromatic carbocycles. The second-order valence-electron chi connectivity index (χ2n) is 7.72. The van der Waals surface area contributed by atoms with E-state index in [2.05, 4.69) is 0 Å². The number of ketones is 1. The SMILES string of the molecule is O=C(Cc1ccc([N+](=O)[O-])cc1)C12CC3CC(CC(C3)C1)C2. The minimum Gasteiger partial charge on any atom is -0.299 e. The van der Waals surface area contributed by atoms with Gasteiger partial charge in [0.2, 0.25) is 0 Å². The van der Waals surface area contributed by atoms with Crippen molar-refractivity contribution in [3.8, 4) is 0 Å². The van der Waals surface area contributed by atoms with Crippen molar-refractivity contribution in [1.29, 1.82) is 0 Å². The summed E-state index contributed by atoms with van der Waals surface area (Å²) in [6, 6.07) is 6.47. The Morgan fingerprint density at radius 1 is 1.05 bits per heavy atom. The summed E-state index contributed by atoms with van der Waals surface area (Å²) in [7, 11) is 0. The first-order chi connectivity index (χ1) is 10.5. The fraction of sp³-hybridized carbons (Fsp3) is 0.611. The van der Waals surface area contributed by atoms with Gasteiger partial charge in [0.25, 0.3) is 5.69 Å². The third-order valence-electron chi connectivity index (χ3n) is 6.14. The molecule has 116 valence electrons. The van der Waals surface area contributed by atoms with E-state index in [4.69, 9.17) is 0 Å². The summed E-state index contributed by atoms with van der Waals surface area (Å²) in [4.78, 5) is 23.3. The Bertz CT molecular complexity index is 584. The van der Waals surface area contributed by atoms with Crippen LogP contribution in [0.4, 0.5) is 5.69 Å². The largest absolute Gasteiger partial charge is 0.299 e. The zero-order valence-electron chi connectivity index (χ0n) is 12.7. The maximum atomic E-state index is 13.0. The van der Waals surface area contributed by atoms with Crippen molar-refractivity contribution in [2.75, 3.05) is 0 Å². The highest BCUT2D eigenvalue weighted by atomic mass is 16.6. The minimum absolute atomic E-state index is 0.0729. The van der Waals surface area contributed by atoms with Crippen molar-refractivity contribution >= 4 is 11.5 Å². The van der Waals surface area contributed by atoms with Gasteiger partial charge in [-0.05, 0) is 61.8 Å². The van der Waals surface area contributed by atoms with Crippen molar-refractivity contribution in [1.82, 2.24) is 0 Å². The Hall–Kier alpha value is -1.71. The van der Waals surface area contributed by atoms with Crippen LogP contribution in [0.15, 0.2) is 24.3 Å². The molecule has 4 nitrogen and oxygen atoms in total. The van der Waals surface area contributed by atoms with Crippen molar-refractivity contribution in [2.45, 2.75) is 44.9 Å². The van der Waals surface area contributed by atoms with Crippen LogP contribution in [0.3, 0.4) is 0 Å². The van der Waals surface area contributed by atoms with E-state index in [0.717, 1.165) is 42.6 Å². The molecule has 4 bridgehead atoms. The monoisotopic (exact) mass is 299 g/mol. The molecule has 4 heteroatoms. The van der Waals surface area contributed by atoms with Crippen molar-refractivity contribution in [3.05, 3.63) is 39.9 Å². The summed E-state index contributed by atoms with van der Waals surface area (Å²) >= 11 is 0. The Morgan fingerprint density at radius 3 is 2.00 bits per heavy atom. The van der Waals surface area contributed by atoms with E-state index in [-0.39, 0.29) is 11.1 Å². The molecule has 4 aliphatic carbocycles. The van der Waals surface area contributed by atoms with Crippen molar-refractivity contribution < 1.29 is 9.72 Å². The molecule has 0 unspecified atom stereocenters. The van der Waals surface area contributed by atoms with Crippen molar-refractivity contribution in [3.63, 3.8) is 0 Å². The van der Waals surface area contributed by atoms with Crippen LogP contribution in [-0.4, -0.2) is 10.7 Å². The van der Waals surface area contributed by atoms with E-state index < -0.39 is 4.92 Å². The maximum Gasteiger partial charge on any atom is 0.269 e. The first-order valence-corrected chi connectivity index (χ1v) is 8.31. The van der Waals surface area contributed by atoms with Gasteiger partial charge in [0.15, 0.2) is 0 Å². The van der Waals surface area contributed by atoms with Gasteiger partial charge in [0.1, 0.15) is 5.78 Å². The Kier molecular flexibility index (Phi) is 3.10. The topological polar surface area (TPSA) is 60.2 Å². The van der Waals surface area contributed by atoms with Crippen LogP contribution in [0.25, 0.3) is 0 Å². The predicted molar refractivity (Wildman–Crippen MR) is 82.4 cm³/mol. The molecule has 4 aliphatic rings. The molecule has 0 amide bonds. The molecule has 4 fully saturated rings. The first kappa shape index (κ1) is 13.9. The second kappa shape index (κ2) is 4.90. The molecule has 0 aliphatic heterocycles. The molecule has 0 aromatic heterocycles. The van der Waals surface area contributed by atoms with Gasteiger partial charge in [-0.2, -0.15) is 0 Å². The number of nitrogens with zero attached hydrogens (tertiary/aromatic N) is 1. The van der Waals surface area contributed by atoms with Gasteiger partial charge < -0.3 is 0 Å². The summed E-state index contributed by atoms with van der Waals surface area (Å²) in [5.74, 6) is 2.69. The van der Waals surface area contributed by atoms with Crippen LogP contribution in [0.2, 0.25) is 0 Å². The van der Waals surface area contributed by atoms with Gasteiger partial charge in [-0.1, -0.05) is 12.1 Å². The lowest BCUT2D eigenvalue weighted by Gasteiger charge is -2.56. The summed E-state index contributed by atoms with van der Waals surface area (Å²) in [6.45, 7) is 0. The fourth-order valence-electron chi connectivity index (χ4n) is 5.56. The minimum atomic E-state index is -0.398. The lowest BCUT2D eigenvalue weighted by Crippen LogP contribution is -2.50. The lowest BCUT2D eigenvalue weighted by molar-refractivity contribution is -0.384. The smallest absolute Gasteiger partial charge is 0.269 e. The zero-order valence-corrected chi connectivity index (χ0v) is 12.7. The van der Waals surface area contributed by atoms with E-state index in [1.165, 1.54) is 31.4 Å². The van der Waals surface area contributed by atoms with Crippen LogP contribution >= 0.6 is 0 Å². The number of hydrogen-bond donors (Lipinski definition) is 0. The molecule has 5 rings (SSSR count). The normalized spacial score (nSPS) is 35.5. The highest BCUT2D eigenvalue weighted by Gasteiger charge is 2.53. The van der Waals surface area contributed by atoms with Crippen LogP contribution in [0.1, 0.15) is 44.1 Å². The van der Waals surface area contributed by atoms with Crippen molar-refractivity contribution in [2.24, 2.45) is 23.2 Å². The highest BCUT2D eigenvalue weighted by Crippen LogP contribution is 2.60. The number of non-ortho nitro benzene ring substituents is 1. The summed E-state index contributed by atoms with van der Waals surface area (Å²) < 4.78 is 0. The number of rotatable bonds is 4. The van der Waals surface area contributed by atoms with Gasteiger partial charge in [-0.15, -0.1) is 0 Å². The van der Waals surface area contributed by atoms with Crippen LogP contribution in [0, 0.1) is 33.3 Å². The quantitative estimate of drug-likeness (QED) is 0.625. The Balaban J connectivity index is 1.51. The average Bonchev–Trinajstić information content (AvgIpc) is 2.46. The number of hydrogen-bond acceptors (Lipinski definition) is 3. The second-order valence-corrected chi connectivity index (χ2v) is 7.72. The highest BCUT2D eigenvalue weighted by molar-refractivity contribution is 5.87. The molecular formula is C18H21NO3. The third kappa shape index (κ3) is 2.25. The van der Waals surface area contributed by atoms with Crippen LogP contribution in [0.5, 0.6) is 0 Å².